The van der Waals surface area contributed by atoms with Gasteiger partial charge in [-0.2, -0.15) is 0 Å². The molecule has 1 aromatic heterocycles. The normalized spacial score (nSPS) is 11.0. The van der Waals surface area contributed by atoms with Crippen molar-refractivity contribution in [2.45, 2.75) is 26.2 Å². The molecule has 3 aromatic rings. The van der Waals surface area contributed by atoms with Crippen LogP contribution in [0.4, 0.5) is 16.2 Å². The van der Waals surface area contributed by atoms with Crippen molar-refractivity contribution < 1.29 is 14.3 Å². The fourth-order valence-electron chi connectivity index (χ4n) is 2.86. The molecule has 7 heteroatoms. The van der Waals surface area contributed by atoms with Crippen molar-refractivity contribution >= 4 is 30.2 Å². The molecule has 1 N–H and O–H groups in total. The number of para-hydroxylation sites is 1. The highest BCUT2D eigenvalue weighted by atomic mass is 32.1. The summed E-state index contributed by atoms with van der Waals surface area (Å²) in [5, 5.41) is 2.79. The number of benzene rings is 2. The van der Waals surface area contributed by atoms with Crippen LogP contribution in [0.25, 0.3) is 0 Å². The lowest BCUT2D eigenvalue weighted by Gasteiger charge is -2.24. The third-order valence-electron chi connectivity index (χ3n) is 4.41. The number of rotatable bonds is 5. The Labute approximate surface area is 182 Å². The third-order valence-corrected chi connectivity index (χ3v) is 4.81. The molecule has 1 heterocycles. The summed E-state index contributed by atoms with van der Waals surface area (Å²) in [4.78, 5) is 17.0. The van der Waals surface area contributed by atoms with Gasteiger partial charge in [-0.05, 0) is 47.9 Å². The maximum atomic E-state index is 12.7. The van der Waals surface area contributed by atoms with Crippen LogP contribution < -0.4 is 19.1 Å². The smallest absolute Gasteiger partial charge is 0.336 e. The van der Waals surface area contributed by atoms with Gasteiger partial charge in [-0.15, -0.1) is 0 Å². The topological polar surface area (TPSA) is 63.7 Å². The van der Waals surface area contributed by atoms with E-state index in [0.717, 1.165) is 5.56 Å². The maximum Gasteiger partial charge on any atom is 0.336 e. The van der Waals surface area contributed by atoms with E-state index in [2.05, 4.69) is 43.9 Å². The maximum absolute atomic E-state index is 12.7. The van der Waals surface area contributed by atoms with Crippen molar-refractivity contribution in [3.05, 3.63) is 72.4 Å². The number of ether oxygens (including phenoxy) is 2. The van der Waals surface area contributed by atoms with Gasteiger partial charge in [0.15, 0.2) is 0 Å². The molecule has 0 saturated heterocycles. The Morgan fingerprint density at radius 2 is 1.73 bits per heavy atom. The zero-order valence-electron chi connectivity index (χ0n) is 17.4. The summed E-state index contributed by atoms with van der Waals surface area (Å²) in [6.45, 7) is 6.34. The molecule has 2 amide bonds. The van der Waals surface area contributed by atoms with E-state index in [9.17, 15) is 4.79 Å². The number of anilines is 2. The van der Waals surface area contributed by atoms with E-state index in [4.69, 9.17) is 9.47 Å². The average Bonchev–Trinajstić information content (AvgIpc) is 2.74. The molecule has 0 spiro atoms. The number of methoxy groups -OCH3 is 1. The Hall–Kier alpha value is -3.19. The third kappa shape index (κ3) is 5.04. The number of hydrogen-bond donors (Lipinski definition) is 2. The number of hydrogen-bond acceptors (Lipinski definition) is 5. The van der Waals surface area contributed by atoms with Crippen LogP contribution in [0.1, 0.15) is 26.3 Å². The fourth-order valence-corrected chi connectivity index (χ4v) is 3.06. The van der Waals surface area contributed by atoms with Crippen LogP contribution in [0.2, 0.25) is 0 Å². The number of amides is 2. The molecule has 0 unspecified atom stereocenters. The Kier molecular flexibility index (Phi) is 6.52. The molecule has 0 fully saturated rings. The first-order valence-electron chi connectivity index (χ1n) is 9.46. The Balaban J connectivity index is 1.83. The van der Waals surface area contributed by atoms with Gasteiger partial charge < -0.3 is 14.8 Å². The predicted octanol–water partition coefficient (Wildman–Crippen LogP) is 6.06. The zero-order valence-corrected chi connectivity index (χ0v) is 18.3. The quantitative estimate of drug-likeness (QED) is 0.489. The molecule has 0 aliphatic rings. The summed E-state index contributed by atoms with van der Waals surface area (Å²) in [7, 11) is 1.59. The van der Waals surface area contributed by atoms with Gasteiger partial charge >= 0.3 is 6.03 Å². The zero-order chi connectivity index (χ0) is 21.7. The summed E-state index contributed by atoms with van der Waals surface area (Å²) in [6.07, 6.45) is 1.61. The molecule has 156 valence electrons. The molecule has 0 saturated carbocycles. The molecule has 0 atom stereocenters. The first-order valence-corrected chi connectivity index (χ1v) is 9.86. The van der Waals surface area contributed by atoms with Gasteiger partial charge in [-0.1, -0.05) is 51.8 Å². The second-order valence-electron chi connectivity index (χ2n) is 7.65. The highest BCUT2D eigenvalue weighted by Crippen LogP contribution is 2.37. The summed E-state index contributed by atoms with van der Waals surface area (Å²) in [6, 6.07) is 17.8. The van der Waals surface area contributed by atoms with Crippen LogP contribution in [0, 0.1) is 0 Å². The van der Waals surface area contributed by atoms with Gasteiger partial charge in [0.05, 0.1) is 7.11 Å². The molecule has 3 rings (SSSR count). The van der Waals surface area contributed by atoms with E-state index in [0.29, 0.717) is 22.9 Å². The lowest BCUT2D eigenvalue weighted by molar-refractivity contribution is 0.260. The molecule has 0 bridgehead atoms. The summed E-state index contributed by atoms with van der Waals surface area (Å²) in [5.74, 6) is 1.67. The van der Waals surface area contributed by atoms with Crippen molar-refractivity contribution in [2.24, 2.45) is 0 Å². The lowest BCUT2D eigenvalue weighted by atomic mass is 9.86. The Bertz CT molecular complexity index is 1020. The van der Waals surface area contributed by atoms with Crippen LogP contribution in [0.15, 0.2) is 66.9 Å². The minimum Gasteiger partial charge on any atom is -0.497 e. The van der Waals surface area contributed by atoms with E-state index < -0.39 is 6.03 Å². The van der Waals surface area contributed by atoms with Gasteiger partial charge in [0, 0.05) is 17.4 Å². The molecule has 2 aromatic carbocycles. The number of nitrogens with zero attached hydrogens (tertiary/aromatic N) is 2. The second kappa shape index (κ2) is 9.09. The molecule has 0 radical (unpaired) electrons. The monoisotopic (exact) mass is 423 g/mol. The number of thiol groups is 1. The summed E-state index contributed by atoms with van der Waals surface area (Å²) < 4.78 is 12.4. The van der Waals surface area contributed by atoms with E-state index in [-0.39, 0.29) is 11.3 Å². The molecule has 0 aliphatic heterocycles. The number of nitrogens with one attached hydrogen (secondary N) is 1. The summed E-state index contributed by atoms with van der Waals surface area (Å²) >= 11 is 4.38. The highest BCUT2D eigenvalue weighted by Gasteiger charge is 2.22. The standard InChI is InChI=1S/C23H25N3O3S/c1-23(2,3)18-8-5-6-10-20(18)29-21-19(9-7-15-24-21)26(30)22(27)25-16-11-13-17(28-4)14-12-16/h5-15,30H,1-4H3,(H,25,27). The Morgan fingerprint density at radius 1 is 1.03 bits per heavy atom. The average molecular weight is 424 g/mol. The molecular weight excluding hydrogens is 398 g/mol. The number of urea groups is 1. The highest BCUT2D eigenvalue weighted by molar-refractivity contribution is 7.82. The van der Waals surface area contributed by atoms with Crippen molar-refractivity contribution in [2.75, 3.05) is 16.7 Å². The van der Waals surface area contributed by atoms with Gasteiger partial charge in [-0.25, -0.2) is 14.1 Å². The largest absolute Gasteiger partial charge is 0.497 e. The van der Waals surface area contributed by atoms with E-state index in [1.54, 1.807) is 49.7 Å². The lowest BCUT2D eigenvalue weighted by Crippen LogP contribution is -2.27. The number of carbonyl (C=O) groups is 1. The van der Waals surface area contributed by atoms with Crippen LogP contribution >= 0.6 is 12.8 Å². The van der Waals surface area contributed by atoms with Crippen molar-refractivity contribution in [1.29, 1.82) is 0 Å². The minimum atomic E-state index is -0.439. The molecule has 6 nitrogen and oxygen atoms in total. The minimum absolute atomic E-state index is 0.113. The number of pyridine rings is 1. The first kappa shape index (κ1) is 21.5. The van der Waals surface area contributed by atoms with Gasteiger partial charge in [0.1, 0.15) is 17.2 Å². The Morgan fingerprint density at radius 3 is 2.40 bits per heavy atom. The van der Waals surface area contributed by atoms with Crippen LogP contribution in [0.5, 0.6) is 17.4 Å². The van der Waals surface area contributed by atoms with Gasteiger partial charge in [0.25, 0.3) is 0 Å². The molecular formula is C23H25N3O3S. The summed E-state index contributed by atoms with van der Waals surface area (Å²) in [5.41, 5.74) is 1.97. The number of aromatic nitrogens is 1. The van der Waals surface area contributed by atoms with Gasteiger partial charge in [0.2, 0.25) is 5.88 Å². The van der Waals surface area contributed by atoms with Crippen molar-refractivity contribution in [3.63, 3.8) is 0 Å². The van der Waals surface area contributed by atoms with E-state index in [1.807, 2.05) is 24.3 Å². The SMILES string of the molecule is COc1ccc(NC(=O)N(S)c2cccnc2Oc2ccccc2C(C)(C)C)cc1. The second-order valence-corrected chi connectivity index (χ2v) is 8.05. The number of carbonyl (C=O) groups excluding carboxylic acids is 1. The van der Waals surface area contributed by atoms with E-state index >= 15 is 0 Å². The van der Waals surface area contributed by atoms with Crippen LogP contribution in [-0.2, 0) is 5.41 Å². The van der Waals surface area contributed by atoms with Crippen molar-refractivity contribution in [1.82, 2.24) is 4.98 Å². The molecule has 30 heavy (non-hydrogen) atoms. The van der Waals surface area contributed by atoms with Crippen LogP contribution in [-0.4, -0.2) is 18.1 Å². The first-order chi connectivity index (χ1) is 14.3. The van der Waals surface area contributed by atoms with Crippen molar-refractivity contribution in [3.8, 4) is 17.4 Å². The van der Waals surface area contributed by atoms with E-state index in [1.165, 1.54) is 4.31 Å². The van der Waals surface area contributed by atoms with Crippen LogP contribution in [0.3, 0.4) is 0 Å². The molecule has 0 aliphatic carbocycles. The van der Waals surface area contributed by atoms with Gasteiger partial charge in [-0.3, -0.25) is 0 Å². The fraction of sp³-hybridized carbons (Fsp3) is 0.217. The predicted molar refractivity (Wildman–Crippen MR) is 123 cm³/mol.